The molecule has 0 saturated heterocycles. The van der Waals surface area contributed by atoms with E-state index in [4.69, 9.17) is 0 Å². The zero-order valence-electron chi connectivity index (χ0n) is 14.9. The number of anilines is 2. The summed E-state index contributed by atoms with van der Waals surface area (Å²) in [6.07, 6.45) is 4.60. The van der Waals surface area contributed by atoms with Crippen molar-refractivity contribution in [1.29, 1.82) is 0 Å². The highest BCUT2D eigenvalue weighted by molar-refractivity contribution is 9.10. The molecule has 0 saturated carbocycles. The van der Waals surface area contributed by atoms with Crippen molar-refractivity contribution in [2.24, 2.45) is 0 Å². The van der Waals surface area contributed by atoms with Gasteiger partial charge in [0.15, 0.2) is 0 Å². The van der Waals surface area contributed by atoms with E-state index in [0.717, 1.165) is 35.6 Å². The van der Waals surface area contributed by atoms with Gasteiger partial charge in [0.25, 0.3) is 0 Å². The Morgan fingerprint density at radius 1 is 1.07 bits per heavy atom. The fraction of sp³-hybridized carbons (Fsp3) is 0.238. The molecule has 4 rings (SSSR count). The van der Waals surface area contributed by atoms with Gasteiger partial charge in [-0.2, -0.15) is 0 Å². The lowest BCUT2D eigenvalue weighted by Crippen LogP contribution is -2.44. The molecule has 0 bridgehead atoms. The van der Waals surface area contributed by atoms with Crippen molar-refractivity contribution >= 4 is 27.4 Å². The van der Waals surface area contributed by atoms with Gasteiger partial charge in [0.1, 0.15) is 10.4 Å². The van der Waals surface area contributed by atoms with Crippen molar-refractivity contribution in [1.82, 2.24) is 15.3 Å². The average molecular weight is 424 g/mol. The number of nitrogens with zero attached hydrogens (tertiary/aromatic N) is 2. The molecule has 1 aliphatic rings. The summed E-state index contributed by atoms with van der Waals surface area (Å²) in [6.45, 7) is 1.72. The number of pyridine rings is 2. The molecular weight excluding hydrogens is 402 g/mol. The van der Waals surface area contributed by atoms with Crippen LogP contribution in [0.3, 0.4) is 0 Å². The molecule has 2 aromatic heterocycles. The van der Waals surface area contributed by atoms with Gasteiger partial charge in [0.05, 0.1) is 17.8 Å². The summed E-state index contributed by atoms with van der Waals surface area (Å²) in [4.78, 5) is 8.67. The molecule has 0 spiro atoms. The molecule has 1 aromatic carbocycles. The maximum atomic E-state index is 4.47. The maximum absolute atomic E-state index is 4.47. The number of halogens is 1. The fourth-order valence-corrected chi connectivity index (χ4v) is 3.85. The highest BCUT2D eigenvalue weighted by Gasteiger charge is 2.27. The molecule has 0 radical (unpaired) electrons. The predicted octanol–water partition coefficient (Wildman–Crippen LogP) is 4.02. The smallest absolute Gasteiger partial charge is 0.149 e. The summed E-state index contributed by atoms with van der Waals surface area (Å²) >= 11 is 3.44. The third kappa shape index (κ3) is 4.46. The molecule has 0 aliphatic carbocycles. The third-order valence-corrected chi connectivity index (χ3v) is 5.21. The van der Waals surface area contributed by atoms with E-state index in [1.807, 2.05) is 18.5 Å². The predicted molar refractivity (Wildman–Crippen MR) is 113 cm³/mol. The van der Waals surface area contributed by atoms with E-state index in [0.29, 0.717) is 0 Å². The van der Waals surface area contributed by atoms with Gasteiger partial charge >= 0.3 is 0 Å². The van der Waals surface area contributed by atoms with E-state index < -0.39 is 0 Å². The molecule has 0 amide bonds. The normalized spacial score (nSPS) is 16.7. The number of hydrogen-bond donors (Lipinski definition) is 3. The molecule has 6 heteroatoms. The first-order chi connectivity index (χ1) is 13.3. The Morgan fingerprint density at radius 3 is 2.81 bits per heavy atom. The fourth-order valence-electron chi connectivity index (χ4n) is 3.43. The number of hydrogen-bond acceptors (Lipinski definition) is 5. The Morgan fingerprint density at radius 2 is 1.96 bits per heavy atom. The standard InChI is InChI=1S/C21H22BrN5/c22-19-13-15(8-11-23-19)9-12-24-20(16-5-2-1-3-6-16)18-14-26-17-7-4-10-25-21(17)27-18/h1-8,10-11,13,18,20,24,26H,9,12,14H2,(H,25,27)/t18-,20-/m1/s1. The molecule has 138 valence electrons. The number of benzene rings is 1. The summed E-state index contributed by atoms with van der Waals surface area (Å²) in [6, 6.07) is 19.1. The van der Waals surface area contributed by atoms with E-state index in [1.54, 1.807) is 0 Å². The minimum Gasteiger partial charge on any atom is -0.380 e. The van der Waals surface area contributed by atoms with Crippen molar-refractivity contribution in [3.63, 3.8) is 0 Å². The Bertz CT molecular complexity index is 887. The van der Waals surface area contributed by atoms with Crippen LogP contribution in [0.4, 0.5) is 11.5 Å². The lowest BCUT2D eigenvalue weighted by Gasteiger charge is -2.34. The summed E-state index contributed by atoms with van der Waals surface area (Å²) in [7, 11) is 0. The van der Waals surface area contributed by atoms with E-state index in [9.17, 15) is 0 Å². The van der Waals surface area contributed by atoms with Gasteiger partial charge in [-0.1, -0.05) is 30.3 Å². The summed E-state index contributed by atoms with van der Waals surface area (Å²) in [5.74, 6) is 0.912. The molecule has 1 aliphatic heterocycles. The van der Waals surface area contributed by atoms with Gasteiger partial charge in [-0.05, 0) is 64.3 Å². The first-order valence-electron chi connectivity index (χ1n) is 9.14. The first kappa shape index (κ1) is 17.9. The molecule has 27 heavy (non-hydrogen) atoms. The van der Waals surface area contributed by atoms with Crippen LogP contribution in [0, 0.1) is 0 Å². The van der Waals surface area contributed by atoms with Gasteiger partial charge < -0.3 is 16.0 Å². The van der Waals surface area contributed by atoms with Crippen LogP contribution in [-0.2, 0) is 6.42 Å². The molecule has 3 aromatic rings. The van der Waals surface area contributed by atoms with Crippen molar-refractivity contribution in [2.45, 2.75) is 18.5 Å². The van der Waals surface area contributed by atoms with E-state index in [2.05, 4.69) is 90.4 Å². The second-order valence-electron chi connectivity index (χ2n) is 6.61. The van der Waals surface area contributed by atoms with Crippen molar-refractivity contribution in [3.8, 4) is 0 Å². The van der Waals surface area contributed by atoms with Crippen LogP contribution in [0.25, 0.3) is 0 Å². The molecule has 0 fully saturated rings. The second-order valence-corrected chi connectivity index (χ2v) is 7.42. The first-order valence-corrected chi connectivity index (χ1v) is 9.93. The largest absolute Gasteiger partial charge is 0.380 e. The second kappa shape index (κ2) is 8.50. The molecule has 0 unspecified atom stereocenters. The number of aromatic nitrogens is 2. The van der Waals surface area contributed by atoms with Gasteiger partial charge in [-0.3, -0.25) is 0 Å². The zero-order chi connectivity index (χ0) is 18.5. The van der Waals surface area contributed by atoms with Crippen LogP contribution in [0.5, 0.6) is 0 Å². The van der Waals surface area contributed by atoms with Crippen LogP contribution in [0.15, 0.2) is 71.6 Å². The van der Waals surface area contributed by atoms with Crippen LogP contribution >= 0.6 is 15.9 Å². The molecule has 5 nitrogen and oxygen atoms in total. The van der Waals surface area contributed by atoms with E-state index >= 15 is 0 Å². The van der Waals surface area contributed by atoms with Gasteiger partial charge in [0.2, 0.25) is 0 Å². The molecule has 3 heterocycles. The Labute approximate surface area is 167 Å². The number of fused-ring (bicyclic) bond motifs is 1. The Kier molecular flexibility index (Phi) is 5.65. The minimum atomic E-state index is 0.180. The SMILES string of the molecule is Brc1cc(CCN[C@H](c2ccccc2)[C@H]2CNc3cccnc3N2)ccn1. The van der Waals surface area contributed by atoms with Gasteiger partial charge in [0, 0.05) is 18.9 Å². The number of rotatable bonds is 6. The van der Waals surface area contributed by atoms with Crippen molar-refractivity contribution in [3.05, 3.63) is 82.7 Å². The van der Waals surface area contributed by atoms with Crippen molar-refractivity contribution < 1.29 is 0 Å². The van der Waals surface area contributed by atoms with Crippen LogP contribution in [0.1, 0.15) is 17.2 Å². The number of nitrogens with one attached hydrogen (secondary N) is 3. The average Bonchev–Trinajstić information content (AvgIpc) is 2.72. The highest BCUT2D eigenvalue weighted by atomic mass is 79.9. The quantitative estimate of drug-likeness (QED) is 0.522. The molecule has 3 N–H and O–H groups in total. The van der Waals surface area contributed by atoms with E-state index in [-0.39, 0.29) is 12.1 Å². The van der Waals surface area contributed by atoms with Gasteiger partial charge in [-0.25, -0.2) is 9.97 Å². The van der Waals surface area contributed by atoms with Crippen molar-refractivity contribution in [2.75, 3.05) is 23.7 Å². The van der Waals surface area contributed by atoms with Crippen LogP contribution < -0.4 is 16.0 Å². The van der Waals surface area contributed by atoms with E-state index in [1.165, 1.54) is 11.1 Å². The minimum absolute atomic E-state index is 0.180. The monoisotopic (exact) mass is 423 g/mol. The molecule has 2 atom stereocenters. The summed E-state index contributed by atoms with van der Waals surface area (Å²) < 4.78 is 0.875. The third-order valence-electron chi connectivity index (χ3n) is 4.77. The molecular formula is C21H22BrN5. The highest BCUT2D eigenvalue weighted by Crippen LogP contribution is 2.28. The van der Waals surface area contributed by atoms with Crippen LogP contribution in [0.2, 0.25) is 0 Å². The van der Waals surface area contributed by atoms with Gasteiger partial charge in [-0.15, -0.1) is 0 Å². The summed E-state index contributed by atoms with van der Waals surface area (Å²) in [5, 5.41) is 10.8. The Balaban J connectivity index is 1.48. The maximum Gasteiger partial charge on any atom is 0.149 e. The Hall–Kier alpha value is -2.44. The lowest BCUT2D eigenvalue weighted by atomic mass is 9.97. The lowest BCUT2D eigenvalue weighted by molar-refractivity contribution is 0.472. The summed E-state index contributed by atoms with van der Waals surface area (Å²) in [5.41, 5.74) is 3.59. The zero-order valence-corrected chi connectivity index (χ0v) is 16.5. The van der Waals surface area contributed by atoms with Crippen LogP contribution in [-0.4, -0.2) is 29.1 Å². The topological polar surface area (TPSA) is 61.9 Å².